The molecule has 0 bridgehead atoms. The third-order valence-electron chi connectivity index (χ3n) is 2.65. The quantitative estimate of drug-likeness (QED) is 0.717. The van der Waals surface area contributed by atoms with Crippen LogP contribution in [0.3, 0.4) is 0 Å². The molecule has 1 N–H and O–H groups in total. The first kappa shape index (κ1) is 8.51. The summed E-state index contributed by atoms with van der Waals surface area (Å²) in [6, 6.07) is 0. The number of amides is 1. The summed E-state index contributed by atoms with van der Waals surface area (Å²) in [4.78, 5) is 11.4. The van der Waals surface area contributed by atoms with Gasteiger partial charge in [0.25, 0.3) is 0 Å². The molecular formula is C8H12BrNO2. The number of carbonyl (C=O) groups excluding carboxylic acids is 1. The molecule has 1 amide bonds. The van der Waals surface area contributed by atoms with Crippen molar-refractivity contribution in [1.29, 1.82) is 0 Å². The zero-order valence-corrected chi connectivity index (χ0v) is 8.34. The summed E-state index contributed by atoms with van der Waals surface area (Å²) >= 11 is 3.27. The molecule has 2 rings (SSSR count). The highest BCUT2D eigenvalue weighted by atomic mass is 79.9. The molecule has 0 aromatic carbocycles. The molecule has 0 spiro atoms. The second-order valence-electron chi connectivity index (χ2n) is 3.37. The molecule has 1 saturated carbocycles. The summed E-state index contributed by atoms with van der Waals surface area (Å²) in [5.41, 5.74) is 0. The number of nitrogens with one attached hydrogen (secondary N) is 1. The standard InChI is InChI=1S/C8H12BrNO2/c9-1-2-10-8(11)7-5-3-12-4-6(5)7/h5-7H,1-4H2,(H,10,11). The lowest BCUT2D eigenvalue weighted by molar-refractivity contribution is -0.123. The number of carbonyl (C=O) groups is 1. The minimum absolute atomic E-state index is 0.216. The van der Waals surface area contributed by atoms with Crippen molar-refractivity contribution in [3.63, 3.8) is 0 Å². The van der Waals surface area contributed by atoms with Crippen LogP contribution in [-0.2, 0) is 9.53 Å². The molecule has 1 aliphatic carbocycles. The molecule has 2 aliphatic rings. The molecule has 1 heterocycles. The van der Waals surface area contributed by atoms with Gasteiger partial charge in [-0.15, -0.1) is 0 Å². The van der Waals surface area contributed by atoms with E-state index in [1.165, 1.54) is 0 Å². The first-order valence-corrected chi connectivity index (χ1v) is 5.38. The predicted octanol–water partition coefficient (Wildman–Crippen LogP) is 0.390. The molecule has 0 radical (unpaired) electrons. The SMILES string of the molecule is O=C(NCCBr)C1C2COCC21. The van der Waals surface area contributed by atoms with Gasteiger partial charge in [-0.25, -0.2) is 0 Å². The van der Waals surface area contributed by atoms with Crippen LogP contribution in [0.25, 0.3) is 0 Å². The van der Waals surface area contributed by atoms with Gasteiger partial charge in [0.2, 0.25) is 5.91 Å². The van der Waals surface area contributed by atoms with Crippen molar-refractivity contribution in [2.45, 2.75) is 0 Å². The number of ether oxygens (including phenoxy) is 1. The zero-order chi connectivity index (χ0) is 8.55. The summed E-state index contributed by atoms with van der Waals surface area (Å²) in [7, 11) is 0. The highest BCUT2D eigenvalue weighted by molar-refractivity contribution is 9.09. The topological polar surface area (TPSA) is 38.3 Å². The van der Waals surface area contributed by atoms with E-state index in [9.17, 15) is 4.79 Å². The van der Waals surface area contributed by atoms with E-state index in [2.05, 4.69) is 21.2 Å². The van der Waals surface area contributed by atoms with Crippen LogP contribution >= 0.6 is 15.9 Å². The van der Waals surface area contributed by atoms with Gasteiger partial charge in [-0.3, -0.25) is 4.79 Å². The molecule has 4 heteroatoms. The number of halogens is 1. The van der Waals surface area contributed by atoms with E-state index in [-0.39, 0.29) is 11.8 Å². The minimum Gasteiger partial charge on any atom is -0.381 e. The lowest BCUT2D eigenvalue weighted by Gasteiger charge is -2.04. The van der Waals surface area contributed by atoms with Crippen LogP contribution in [0.15, 0.2) is 0 Å². The van der Waals surface area contributed by atoms with E-state index in [0.717, 1.165) is 25.1 Å². The summed E-state index contributed by atoms with van der Waals surface area (Å²) in [5, 5.41) is 3.71. The number of fused-ring (bicyclic) bond motifs is 1. The van der Waals surface area contributed by atoms with Crippen LogP contribution in [0.5, 0.6) is 0 Å². The van der Waals surface area contributed by atoms with Crippen molar-refractivity contribution >= 4 is 21.8 Å². The fraction of sp³-hybridized carbons (Fsp3) is 0.875. The largest absolute Gasteiger partial charge is 0.381 e. The Bertz CT molecular complexity index is 187. The van der Waals surface area contributed by atoms with Crippen LogP contribution in [0.2, 0.25) is 0 Å². The number of rotatable bonds is 3. The van der Waals surface area contributed by atoms with Crippen LogP contribution in [-0.4, -0.2) is 31.0 Å². The Hall–Kier alpha value is -0.0900. The average Bonchev–Trinajstić information content (AvgIpc) is 2.56. The third-order valence-corrected chi connectivity index (χ3v) is 3.05. The lowest BCUT2D eigenvalue weighted by Crippen LogP contribution is -2.28. The van der Waals surface area contributed by atoms with E-state index in [0.29, 0.717) is 11.8 Å². The number of hydrogen-bond donors (Lipinski definition) is 1. The van der Waals surface area contributed by atoms with Crippen molar-refractivity contribution in [3.8, 4) is 0 Å². The first-order chi connectivity index (χ1) is 5.84. The first-order valence-electron chi connectivity index (χ1n) is 4.26. The van der Waals surface area contributed by atoms with Crippen molar-refractivity contribution in [3.05, 3.63) is 0 Å². The van der Waals surface area contributed by atoms with Gasteiger partial charge in [0.05, 0.1) is 13.2 Å². The molecule has 2 unspecified atom stereocenters. The maximum Gasteiger partial charge on any atom is 0.223 e. The van der Waals surface area contributed by atoms with E-state index < -0.39 is 0 Å². The Morgan fingerprint density at radius 3 is 2.75 bits per heavy atom. The van der Waals surface area contributed by atoms with E-state index in [1.807, 2.05) is 0 Å². The Morgan fingerprint density at radius 2 is 2.17 bits per heavy atom. The van der Waals surface area contributed by atoms with Gasteiger partial charge < -0.3 is 10.1 Å². The van der Waals surface area contributed by atoms with Crippen LogP contribution in [0, 0.1) is 17.8 Å². The average molecular weight is 234 g/mol. The van der Waals surface area contributed by atoms with Crippen LogP contribution < -0.4 is 5.32 Å². The van der Waals surface area contributed by atoms with E-state index in [1.54, 1.807) is 0 Å². The van der Waals surface area contributed by atoms with Crippen molar-refractivity contribution in [2.24, 2.45) is 17.8 Å². The van der Waals surface area contributed by atoms with E-state index in [4.69, 9.17) is 4.74 Å². The second kappa shape index (κ2) is 3.34. The van der Waals surface area contributed by atoms with Gasteiger partial charge in [-0.1, -0.05) is 15.9 Å². The van der Waals surface area contributed by atoms with Crippen LogP contribution in [0.1, 0.15) is 0 Å². The van der Waals surface area contributed by atoms with E-state index >= 15 is 0 Å². The molecule has 2 atom stereocenters. The van der Waals surface area contributed by atoms with Crippen molar-refractivity contribution in [1.82, 2.24) is 5.32 Å². The Balaban J connectivity index is 1.76. The van der Waals surface area contributed by atoms with Gasteiger partial charge in [0, 0.05) is 17.8 Å². The molecule has 0 aromatic rings. The summed E-state index contributed by atoms with van der Waals surface area (Å²) in [6.45, 7) is 2.31. The molecule has 0 aromatic heterocycles. The van der Waals surface area contributed by atoms with Gasteiger partial charge in [0.15, 0.2) is 0 Å². The maximum atomic E-state index is 11.4. The number of hydrogen-bond acceptors (Lipinski definition) is 2. The normalized spacial score (nSPS) is 37.6. The smallest absolute Gasteiger partial charge is 0.223 e. The van der Waals surface area contributed by atoms with Crippen LogP contribution in [0.4, 0.5) is 0 Å². The Kier molecular flexibility index (Phi) is 2.37. The molecule has 1 aliphatic heterocycles. The maximum absolute atomic E-state index is 11.4. The van der Waals surface area contributed by atoms with Gasteiger partial charge in [-0.2, -0.15) is 0 Å². The minimum atomic E-state index is 0.216. The van der Waals surface area contributed by atoms with Gasteiger partial charge in [-0.05, 0) is 11.8 Å². The third kappa shape index (κ3) is 1.38. The molecule has 3 nitrogen and oxygen atoms in total. The molecular weight excluding hydrogens is 222 g/mol. The Labute approximate surface area is 80.0 Å². The zero-order valence-electron chi connectivity index (χ0n) is 6.75. The molecule has 1 saturated heterocycles. The predicted molar refractivity (Wildman–Crippen MR) is 48.1 cm³/mol. The summed E-state index contributed by atoms with van der Waals surface area (Å²) in [6.07, 6.45) is 0. The molecule has 2 fully saturated rings. The summed E-state index contributed by atoms with van der Waals surface area (Å²) < 4.78 is 5.20. The highest BCUT2D eigenvalue weighted by Crippen LogP contribution is 2.50. The van der Waals surface area contributed by atoms with Crippen molar-refractivity contribution in [2.75, 3.05) is 25.1 Å². The fourth-order valence-electron chi connectivity index (χ4n) is 1.92. The lowest BCUT2D eigenvalue weighted by atomic mass is 10.3. The molecule has 68 valence electrons. The Morgan fingerprint density at radius 1 is 1.50 bits per heavy atom. The van der Waals surface area contributed by atoms with Gasteiger partial charge in [0.1, 0.15) is 0 Å². The second-order valence-corrected chi connectivity index (χ2v) is 4.16. The monoisotopic (exact) mass is 233 g/mol. The van der Waals surface area contributed by atoms with Gasteiger partial charge >= 0.3 is 0 Å². The molecule has 12 heavy (non-hydrogen) atoms. The van der Waals surface area contributed by atoms with Crippen molar-refractivity contribution < 1.29 is 9.53 Å². The highest BCUT2D eigenvalue weighted by Gasteiger charge is 2.57. The number of alkyl halides is 1. The summed E-state index contributed by atoms with van der Waals surface area (Å²) in [5.74, 6) is 1.53. The fourth-order valence-corrected chi connectivity index (χ4v) is 2.12.